The van der Waals surface area contributed by atoms with Crippen LogP contribution >= 0.6 is 11.6 Å². The van der Waals surface area contributed by atoms with E-state index in [2.05, 4.69) is 5.32 Å². The van der Waals surface area contributed by atoms with E-state index in [1.165, 1.54) is 4.90 Å². The Morgan fingerprint density at radius 1 is 1.06 bits per heavy atom. The molecule has 0 aliphatic rings. The highest BCUT2D eigenvalue weighted by Crippen LogP contribution is 2.27. The second-order valence-electron chi connectivity index (χ2n) is 8.30. The van der Waals surface area contributed by atoms with Gasteiger partial charge in [0.15, 0.2) is 0 Å². The molecule has 0 aliphatic carbocycles. The number of hydrogen-bond acceptors (Lipinski definition) is 4. The summed E-state index contributed by atoms with van der Waals surface area (Å²) in [5.41, 5.74) is 2.14. The van der Waals surface area contributed by atoms with Crippen molar-refractivity contribution in [2.45, 2.75) is 52.6 Å². The van der Waals surface area contributed by atoms with E-state index in [1.54, 1.807) is 24.3 Å². The van der Waals surface area contributed by atoms with Crippen LogP contribution in [0, 0.1) is 6.92 Å². The number of benzene rings is 2. The third kappa shape index (κ3) is 7.74. The molecule has 7 nitrogen and oxygen atoms in total. The molecule has 1 atom stereocenters. The fourth-order valence-electron chi connectivity index (χ4n) is 3.56. The van der Waals surface area contributed by atoms with Crippen molar-refractivity contribution in [3.63, 3.8) is 0 Å². The molecule has 9 heteroatoms. The molecule has 0 saturated carbocycles. The molecule has 0 unspecified atom stereocenters. The second-order valence-corrected chi connectivity index (χ2v) is 10.6. The molecule has 2 rings (SSSR count). The van der Waals surface area contributed by atoms with Crippen molar-refractivity contribution in [1.29, 1.82) is 0 Å². The van der Waals surface area contributed by atoms with E-state index in [1.807, 2.05) is 45.0 Å². The van der Waals surface area contributed by atoms with Gasteiger partial charge in [-0.3, -0.25) is 13.9 Å². The summed E-state index contributed by atoms with van der Waals surface area (Å²) in [5, 5.41) is 3.12. The Bertz CT molecular complexity index is 1070. The van der Waals surface area contributed by atoms with Crippen LogP contribution in [0.15, 0.2) is 48.5 Å². The third-order valence-electron chi connectivity index (χ3n) is 5.49. The number of halogens is 1. The van der Waals surface area contributed by atoms with E-state index >= 15 is 0 Å². The molecule has 2 aromatic rings. The molecule has 0 aliphatic heterocycles. The van der Waals surface area contributed by atoms with Crippen molar-refractivity contribution >= 4 is 39.1 Å². The van der Waals surface area contributed by atoms with Gasteiger partial charge in [0.05, 0.1) is 17.0 Å². The number of nitrogens with zero attached hydrogens (tertiary/aromatic N) is 2. The summed E-state index contributed by atoms with van der Waals surface area (Å²) >= 11 is 6.25. The summed E-state index contributed by atoms with van der Waals surface area (Å²) in [4.78, 5) is 28.0. The minimum absolute atomic E-state index is 0.180. The Balaban J connectivity index is 2.40. The number of anilines is 1. The summed E-state index contributed by atoms with van der Waals surface area (Å²) in [6.45, 7) is 6.07. The van der Waals surface area contributed by atoms with Gasteiger partial charge in [-0.15, -0.1) is 0 Å². The maximum atomic E-state index is 13.6. The summed E-state index contributed by atoms with van der Waals surface area (Å²) in [5.74, 6) is -0.733. The Labute approximate surface area is 208 Å². The highest BCUT2D eigenvalue weighted by Gasteiger charge is 2.32. The SMILES string of the molecule is CCCCNC(=O)[C@H](CC)N(Cc1ccc(C)cc1)C(=O)CN(c1ccccc1Cl)S(C)(=O)=O. The van der Waals surface area contributed by atoms with Crippen LogP contribution < -0.4 is 9.62 Å². The third-order valence-corrected chi connectivity index (χ3v) is 6.94. The van der Waals surface area contributed by atoms with Gasteiger partial charge in [0.1, 0.15) is 12.6 Å². The van der Waals surface area contributed by atoms with Crippen LogP contribution in [-0.2, 0) is 26.2 Å². The van der Waals surface area contributed by atoms with E-state index in [9.17, 15) is 18.0 Å². The monoisotopic (exact) mass is 507 g/mol. The van der Waals surface area contributed by atoms with Crippen molar-refractivity contribution in [2.75, 3.05) is 23.7 Å². The summed E-state index contributed by atoms with van der Waals surface area (Å²) in [6.07, 6.45) is 3.19. The molecule has 0 radical (unpaired) electrons. The average Bonchev–Trinajstić information content (AvgIpc) is 2.78. The molecule has 0 saturated heterocycles. The smallest absolute Gasteiger partial charge is 0.244 e. The van der Waals surface area contributed by atoms with Gasteiger partial charge in [-0.2, -0.15) is 0 Å². The van der Waals surface area contributed by atoms with E-state index in [0.717, 1.165) is 34.5 Å². The van der Waals surface area contributed by atoms with Crippen molar-refractivity contribution in [3.05, 3.63) is 64.7 Å². The first-order valence-electron chi connectivity index (χ1n) is 11.4. The number of carbonyl (C=O) groups excluding carboxylic acids is 2. The molecular weight excluding hydrogens is 474 g/mol. The summed E-state index contributed by atoms with van der Waals surface area (Å²) < 4.78 is 26.2. The molecule has 1 N–H and O–H groups in total. The van der Waals surface area contributed by atoms with E-state index < -0.39 is 28.5 Å². The predicted molar refractivity (Wildman–Crippen MR) is 137 cm³/mol. The quantitative estimate of drug-likeness (QED) is 0.437. The number of hydrogen-bond donors (Lipinski definition) is 1. The van der Waals surface area contributed by atoms with Crippen LogP contribution in [0.2, 0.25) is 5.02 Å². The van der Waals surface area contributed by atoms with Crippen molar-refractivity contribution in [1.82, 2.24) is 10.2 Å². The van der Waals surface area contributed by atoms with Gasteiger partial charge in [0.25, 0.3) is 0 Å². The van der Waals surface area contributed by atoms with Crippen LogP contribution in [0.4, 0.5) is 5.69 Å². The average molecular weight is 508 g/mol. The Morgan fingerprint density at radius 3 is 2.26 bits per heavy atom. The fourth-order valence-corrected chi connectivity index (χ4v) is 4.71. The maximum Gasteiger partial charge on any atom is 0.244 e. The van der Waals surface area contributed by atoms with Crippen LogP contribution in [0.1, 0.15) is 44.2 Å². The van der Waals surface area contributed by atoms with Crippen molar-refractivity contribution in [3.8, 4) is 0 Å². The number of para-hydroxylation sites is 1. The molecule has 0 aromatic heterocycles. The first kappa shape index (κ1) is 27.7. The molecule has 2 amide bonds. The lowest BCUT2D eigenvalue weighted by molar-refractivity contribution is -0.140. The molecular formula is C25H34ClN3O4S. The molecule has 0 spiro atoms. The maximum absolute atomic E-state index is 13.6. The van der Waals surface area contributed by atoms with Gasteiger partial charge in [-0.25, -0.2) is 8.42 Å². The number of sulfonamides is 1. The molecule has 34 heavy (non-hydrogen) atoms. The predicted octanol–water partition coefficient (Wildman–Crippen LogP) is 4.14. The zero-order chi connectivity index (χ0) is 25.3. The van der Waals surface area contributed by atoms with E-state index in [-0.39, 0.29) is 23.2 Å². The van der Waals surface area contributed by atoms with Crippen LogP contribution in [0.3, 0.4) is 0 Å². The van der Waals surface area contributed by atoms with E-state index in [4.69, 9.17) is 11.6 Å². The van der Waals surface area contributed by atoms with Crippen LogP contribution in [-0.4, -0.2) is 50.5 Å². The van der Waals surface area contributed by atoms with E-state index in [0.29, 0.717) is 13.0 Å². The van der Waals surface area contributed by atoms with Gasteiger partial charge >= 0.3 is 0 Å². The molecule has 2 aromatic carbocycles. The minimum atomic E-state index is -3.82. The van der Waals surface area contributed by atoms with Crippen LogP contribution in [0.5, 0.6) is 0 Å². The minimum Gasteiger partial charge on any atom is -0.354 e. The number of rotatable bonds is 12. The number of aryl methyl sites for hydroxylation is 1. The van der Waals surface area contributed by atoms with Crippen LogP contribution in [0.25, 0.3) is 0 Å². The highest BCUT2D eigenvalue weighted by molar-refractivity contribution is 7.92. The number of unbranched alkanes of at least 4 members (excludes halogenated alkanes) is 1. The Hall–Kier alpha value is -2.58. The molecule has 0 heterocycles. The Morgan fingerprint density at radius 2 is 1.71 bits per heavy atom. The summed E-state index contributed by atoms with van der Waals surface area (Å²) in [6, 6.07) is 13.4. The fraction of sp³-hybridized carbons (Fsp3) is 0.440. The zero-order valence-electron chi connectivity index (χ0n) is 20.3. The number of carbonyl (C=O) groups is 2. The van der Waals surface area contributed by atoms with Gasteiger partial charge in [0.2, 0.25) is 21.8 Å². The summed E-state index contributed by atoms with van der Waals surface area (Å²) in [7, 11) is -3.82. The van der Waals surface area contributed by atoms with Gasteiger partial charge in [-0.1, -0.05) is 73.8 Å². The van der Waals surface area contributed by atoms with Crippen molar-refractivity contribution in [2.24, 2.45) is 0 Å². The molecule has 186 valence electrons. The van der Waals surface area contributed by atoms with Crippen molar-refractivity contribution < 1.29 is 18.0 Å². The topological polar surface area (TPSA) is 86.8 Å². The first-order valence-corrected chi connectivity index (χ1v) is 13.7. The van der Waals surface area contributed by atoms with Gasteiger partial charge in [-0.05, 0) is 37.5 Å². The lowest BCUT2D eigenvalue weighted by atomic mass is 10.1. The van der Waals surface area contributed by atoms with Gasteiger partial charge in [0, 0.05) is 13.1 Å². The molecule has 0 fully saturated rings. The lowest BCUT2D eigenvalue weighted by Gasteiger charge is -2.33. The standard InChI is InChI=1S/C25H34ClN3O4S/c1-5-7-16-27-25(31)22(6-2)28(17-20-14-12-19(3)13-15-20)24(30)18-29(34(4,32)33)23-11-9-8-10-21(23)26/h8-15,22H,5-7,16-18H2,1-4H3,(H,27,31)/t22-/m0/s1. The normalized spacial score (nSPS) is 12.1. The number of amides is 2. The highest BCUT2D eigenvalue weighted by atomic mass is 35.5. The largest absolute Gasteiger partial charge is 0.354 e. The van der Waals surface area contributed by atoms with Gasteiger partial charge < -0.3 is 10.2 Å². The second kappa shape index (κ2) is 12.8. The lowest BCUT2D eigenvalue weighted by Crippen LogP contribution is -2.52. The Kier molecular flexibility index (Phi) is 10.4. The zero-order valence-corrected chi connectivity index (χ0v) is 21.8. The molecule has 0 bridgehead atoms. The first-order chi connectivity index (χ1) is 16.1. The number of nitrogens with one attached hydrogen (secondary N) is 1.